The molecule has 3 nitrogen and oxygen atoms in total. The van der Waals surface area contributed by atoms with Crippen LogP contribution in [-0.2, 0) is 11.3 Å². The highest BCUT2D eigenvalue weighted by atomic mass is 35.5. The standard InChI is InChI=1S/C15H17ClFNO2/c16-12-5-2-6-13(17)11(12)8-18-7-9-3-1-4-10(9)14(18)15(19)20/h2,5-6,9-10,14H,1,3-4,7-8H2,(H,19,20). The minimum Gasteiger partial charge on any atom is -0.480 e. The highest BCUT2D eigenvalue weighted by Crippen LogP contribution is 2.43. The summed E-state index contributed by atoms with van der Waals surface area (Å²) in [5.74, 6) is -0.523. The average Bonchev–Trinajstić information content (AvgIpc) is 2.93. The number of halogens is 2. The number of likely N-dealkylation sites (tertiary alicyclic amines) is 1. The third kappa shape index (κ3) is 2.31. The second kappa shape index (κ2) is 5.34. The Morgan fingerprint density at radius 3 is 2.95 bits per heavy atom. The van der Waals surface area contributed by atoms with Gasteiger partial charge in [-0.3, -0.25) is 9.69 Å². The van der Waals surface area contributed by atoms with E-state index in [-0.39, 0.29) is 18.3 Å². The maximum absolute atomic E-state index is 13.9. The Kier molecular flexibility index (Phi) is 3.69. The molecule has 0 bridgehead atoms. The first-order valence-electron chi connectivity index (χ1n) is 6.97. The van der Waals surface area contributed by atoms with Crippen LogP contribution >= 0.6 is 11.6 Å². The molecule has 3 unspecified atom stereocenters. The average molecular weight is 298 g/mol. The zero-order valence-corrected chi connectivity index (χ0v) is 11.8. The minimum absolute atomic E-state index is 0.207. The topological polar surface area (TPSA) is 40.5 Å². The largest absolute Gasteiger partial charge is 0.480 e. The third-order valence-electron chi connectivity index (χ3n) is 4.66. The number of nitrogens with zero attached hydrogens (tertiary/aromatic N) is 1. The van der Waals surface area contributed by atoms with Crippen LogP contribution in [0.15, 0.2) is 18.2 Å². The van der Waals surface area contributed by atoms with Crippen LogP contribution in [0.4, 0.5) is 4.39 Å². The quantitative estimate of drug-likeness (QED) is 0.931. The maximum atomic E-state index is 13.9. The minimum atomic E-state index is -0.799. The van der Waals surface area contributed by atoms with E-state index in [1.165, 1.54) is 6.07 Å². The summed E-state index contributed by atoms with van der Waals surface area (Å²) in [6.07, 6.45) is 3.15. The molecule has 1 aromatic carbocycles. The maximum Gasteiger partial charge on any atom is 0.321 e. The molecule has 0 amide bonds. The Bertz CT molecular complexity index is 516. The van der Waals surface area contributed by atoms with Gasteiger partial charge < -0.3 is 5.11 Å². The van der Waals surface area contributed by atoms with Crippen molar-refractivity contribution in [3.8, 4) is 0 Å². The summed E-state index contributed by atoms with van der Waals surface area (Å²) in [5, 5.41) is 9.85. The summed E-state index contributed by atoms with van der Waals surface area (Å²) in [7, 11) is 0. The van der Waals surface area contributed by atoms with Crippen LogP contribution in [0.2, 0.25) is 5.02 Å². The van der Waals surface area contributed by atoms with E-state index in [0.29, 0.717) is 16.5 Å². The van der Waals surface area contributed by atoms with Crippen molar-refractivity contribution in [2.75, 3.05) is 6.54 Å². The predicted octanol–water partition coefficient (Wildman–Crippen LogP) is 3.16. The van der Waals surface area contributed by atoms with Gasteiger partial charge in [-0.1, -0.05) is 24.1 Å². The highest BCUT2D eigenvalue weighted by molar-refractivity contribution is 6.31. The molecule has 1 aliphatic heterocycles. The molecule has 2 fully saturated rings. The highest BCUT2D eigenvalue weighted by Gasteiger charge is 2.47. The van der Waals surface area contributed by atoms with Crippen LogP contribution in [0.5, 0.6) is 0 Å². The summed E-state index contributed by atoms with van der Waals surface area (Å²) < 4.78 is 13.9. The van der Waals surface area contributed by atoms with Gasteiger partial charge in [0.2, 0.25) is 0 Å². The summed E-state index contributed by atoms with van der Waals surface area (Å²) >= 11 is 6.04. The number of fused-ring (bicyclic) bond motifs is 1. The fraction of sp³-hybridized carbons (Fsp3) is 0.533. The van der Waals surface area contributed by atoms with E-state index in [4.69, 9.17) is 11.6 Å². The smallest absolute Gasteiger partial charge is 0.321 e. The van der Waals surface area contributed by atoms with Crippen LogP contribution in [0.1, 0.15) is 24.8 Å². The van der Waals surface area contributed by atoms with Crippen molar-refractivity contribution < 1.29 is 14.3 Å². The van der Waals surface area contributed by atoms with Crippen molar-refractivity contribution in [2.24, 2.45) is 11.8 Å². The van der Waals surface area contributed by atoms with Crippen LogP contribution < -0.4 is 0 Å². The molecular formula is C15H17ClFNO2. The Balaban J connectivity index is 1.85. The Hall–Kier alpha value is -1.13. The molecular weight excluding hydrogens is 281 g/mol. The van der Waals surface area contributed by atoms with Gasteiger partial charge in [0, 0.05) is 23.7 Å². The Labute approximate surface area is 122 Å². The van der Waals surface area contributed by atoms with Crippen molar-refractivity contribution in [2.45, 2.75) is 31.8 Å². The third-order valence-corrected chi connectivity index (χ3v) is 5.02. The molecule has 0 radical (unpaired) electrons. The van der Waals surface area contributed by atoms with E-state index in [2.05, 4.69) is 0 Å². The second-order valence-corrected chi connectivity index (χ2v) is 6.17. The normalized spacial score (nSPS) is 29.6. The lowest BCUT2D eigenvalue weighted by Gasteiger charge is -2.24. The van der Waals surface area contributed by atoms with E-state index >= 15 is 0 Å². The molecule has 20 heavy (non-hydrogen) atoms. The van der Waals surface area contributed by atoms with Gasteiger partial charge in [-0.15, -0.1) is 0 Å². The molecule has 3 rings (SSSR count). The number of hydrogen-bond acceptors (Lipinski definition) is 2. The van der Waals surface area contributed by atoms with Gasteiger partial charge in [-0.25, -0.2) is 4.39 Å². The SMILES string of the molecule is O=C(O)C1C2CCCC2CN1Cc1c(F)cccc1Cl. The van der Waals surface area contributed by atoms with E-state index in [1.807, 2.05) is 4.90 Å². The monoisotopic (exact) mass is 297 g/mol. The van der Waals surface area contributed by atoms with Crippen molar-refractivity contribution in [1.82, 2.24) is 4.90 Å². The lowest BCUT2D eigenvalue weighted by Crippen LogP contribution is -2.39. The molecule has 2 aliphatic rings. The number of carboxylic acids is 1. The molecule has 1 heterocycles. The predicted molar refractivity (Wildman–Crippen MR) is 74.1 cm³/mol. The molecule has 1 aromatic rings. The zero-order chi connectivity index (χ0) is 14.3. The molecule has 0 aromatic heterocycles. The Morgan fingerprint density at radius 1 is 1.45 bits per heavy atom. The van der Waals surface area contributed by atoms with Gasteiger partial charge in [-0.05, 0) is 36.8 Å². The number of hydrogen-bond donors (Lipinski definition) is 1. The molecule has 0 spiro atoms. The van der Waals surface area contributed by atoms with Gasteiger partial charge in [0.15, 0.2) is 0 Å². The van der Waals surface area contributed by atoms with Gasteiger partial charge in [0.1, 0.15) is 11.9 Å². The number of aliphatic carboxylic acids is 1. The van der Waals surface area contributed by atoms with Gasteiger partial charge >= 0.3 is 5.97 Å². The van der Waals surface area contributed by atoms with E-state index in [1.54, 1.807) is 12.1 Å². The van der Waals surface area contributed by atoms with Crippen LogP contribution in [0, 0.1) is 17.7 Å². The molecule has 108 valence electrons. The number of carboxylic acid groups (broad SMARTS) is 1. The van der Waals surface area contributed by atoms with Crippen molar-refractivity contribution in [3.05, 3.63) is 34.6 Å². The number of carbonyl (C=O) groups is 1. The summed E-state index contributed by atoms with van der Waals surface area (Å²) in [4.78, 5) is 13.4. The zero-order valence-electron chi connectivity index (χ0n) is 11.1. The van der Waals surface area contributed by atoms with Crippen LogP contribution in [-0.4, -0.2) is 28.6 Å². The lowest BCUT2D eigenvalue weighted by atomic mass is 9.94. The molecule has 1 saturated heterocycles. The lowest BCUT2D eigenvalue weighted by molar-refractivity contribution is -0.143. The number of rotatable bonds is 3. The molecule has 1 aliphatic carbocycles. The van der Waals surface area contributed by atoms with E-state index < -0.39 is 12.0 Å². The van der Waals surface area contributed by atoms with E-state index in [9.17, 15) is 14.3 Å². The van der Waals surface area contributed by atoms with Crippen LogP contribution in [0.3, 0.4) is 0 Å². The first-order valence-corrected chi connectivity index (χ1v) is 7.35. The fourth-order valence-corrected chi connectivity index (χ4v) is 4.00. The first kappa shape index (κ1) is 13.8. The van der Waals surface area contributed by atoms with Crippen molar-refractivity contribution >= 4 is 17.6 Å². The Morgan fingerprint density at radius 2 is 2.25 bits per heavy atom. The summed E-state index contributed by atoms with van der Waals surface area (Å²) in [5.41, 5.74) is 0.403. The molecule has 5 heteroatoms. The first-order chi connectivity index (χ1) is 9.58. The van der Waals surface area contributed by atoms with E-state index in [0.717, 1.165) is 25.8 Å². The second-order valence-electron chi connectivity index (χ2n) is 5.77. The molecule has 3 atom stereocenters. The van der Waals surface area contributed by atoms with Crippen molar-refractivity contribution in [1.29, 1.82) is 0 Å². The summed E-state index contributed by atoms with van der Waals surface area (Å²) in [6, 6.07) is 4.08. The number of benzene rings is 1. The van der Waals surface area contributed by atoms with Gasteiger partial charge in [0.05, 0.1) is 0 Å². The van der Waals surface area contributed by atoms with Gasteiger partial charge in [-0.2, -0.15) is 0 Å². The van der Waals surface area contributed by atoms with Crippen molar-refractivity contribution in [3.63, 3.8) is 0 Å². The fourth-order valence-electron chi connectivity index (χ4n) is 3.78. The molecule has 1 saturated carbocycles. The van der Waals surface area contributed by atoms with Gasteiger partial charge in [0.25, 0.3) is 0 Å². The molecule has 1 N–H and O–H groups in total. The summed E-state index contributed by atoms with van der Waals surface area (Å²) in [6.45, 7) is 1.00. The van der Waals surface area contributed by atoms with Crippen LogP contribution in [0.25, 0.3) is 0 Å².